The van der Waals surface area contributed by atoms with Gasteiger partial charge in [0, 0.05) is 11.2 Å². The fourth-order valence-electron chi connectivity index (χ4n) is 2.42. The van der Waals surface area contributed by atoms with Crippen LogP contribution in [0.3, 0.4) is 0 Å². The average Bonchev–Trinajstić information content (AvgIpc) is 3.08. The Labute approximate surface area is 144 Å². The van der Waals surface area contributed by atoms with E-state index in [9.17, 15) is 8.42 Å². The minimum absolute atomic E-state index is 0.160. The van der Waals surface area contributed by atoms with Gasteiger partial charge < -0.3 is 0 Å². The van der Waals surface area contributed by atoms with Crippen LogP contribution in [0.2, 0.25) is 5.02 Å². The van der Waals surface area contributed by atoms with Crippen LogP contribution in [0.1, 0.15) is 17.0 Å². The topological polar surface area (TPSA) is 92.7 Å². The highest BCUT2D eigenvalue weighted by Gasteiger charge is 2.22. The summed E-state index contributed by atoms with van der Waals surface area (Å²) in [6.45, 7) is 3.82. The number of halogens is 1. The summed E-state index contributed by atoms with van der Waals surface area (Å²) in [7, 11) is -3.71. The minimum Gasteiger partial charge on any atom is -0.281 e. The van der Waals surface area contributed by atoms with Gasteiger partial charge in [0.1, 0.15) is 4.90 Å². The van der Waals surface area contributed by atoms with Gasteiger partial charge in [-0.2, -0.15) is 10.2 Å². The molecule has 0 fully saturated rings. The molecule has 3 rings (SSSR count). The summed E-state index contributed by atoms with van der Waals surface area (Å²) in [5.41, 5.74) is 2.32. The molecule has 9 heteroatoms. The Morgan fingerprint density at radius 2 is 1.96 bits per heavy atom. The Hall–Kier alpha value is -2.32. The fraction of sp³-hybridized carbons (Fsp3) is 0.200. The maximum absolute atomic E-state index is 12.5. The number of rotatable bonds is 5. The van der Waals surface area contributed by atoms with Gasteiger partial charge in [-0.1, -0.05) is 23.7 Å². The second kappa shape index (κ2) is 6.29. The Morgan fingerprint density at radius 3 is 2.58 bits per heavy atom. The van der Waals surface area contributed by atoms with Crippen molar-refractivity contribution in [3.8, 4) is 0 Å². The zero-order valence-corrected chi connectivity index (χ0v) is 14.7. The Balaban J connectivity index is 1.77. The molecule has 126 valence electrons. The van der Waals surface area contributed by atoms with Crippen LogP contribution in [0.25, 0.3) is 0 Å². The van der Waals surface area contributed by atoms with E-state index >= 15 is 0 Å². The zero-order chi connectivity index (χ0) is 17.3. The van der Waals surface area contributed by atoms with Crippen LogP contribution in [-0.4, -0.2) is 28.4 Å². The molecule has 2 N–H and O–H groups in total. The first-order chi connectivity index (χ1) is 11.3. The normalized spacial score (nSPS) is 11.6. The van der Waals surface area contributed by atoms with Crippen molar-refractivity contribution in [2.75, 3.05) is 4.72 Å². The van der Waals surface area contributed by atoms with Crippen molar-refractivity contribution in [1.82, 2.24) is 20.0 Å². The number of nitrogens with one attached hydrogen (secondary N) is 2. The van der Waals surface area contributed by atoms with E-state index in [0.29, 0.717) is 28.6 Å². The van der Waals surface area contributed by atoms with Crippen molar-refractivity contribution < 1.29 is 8.42 Å². The van der Waals surface area contributed by atoms with Gasteiger partial charge in [-0.05, 0) is 31.5 Å². The van der Waals surface area contributed by atoms with Crippen LogP contribution < -0.4 is 4.72 Å². The molecule has 0 spiro atoms. The van der Waals surface area contributed by atoms with Crippen molar-refractivity contribution in [2.24, 2.45) is 0 Å². The summed E-state index contributed by atoms with van der Waals surface area (Å²) >= 11 is 5.86. The summed E-state index contributed by atoms with van der Waals surface area (Å²) in [6.07, 6.45) is 3.11. The number of aromatic nitrogens is 4. The lowest BCUT2D eigenvalue weighted by atomic mass is 10.2. The van der Waals surface area contributed by atoms with Crippen LogP contribution >= 0.6 is 11.6 Å². The van der Waals surface area contributed by atoms with Crippen molar-refractivity contribution in [3.63, 3.8) is 0 Å². The molecule has 0 amide bonds. The van der Waals surface area contributed by atoms with Crippen molar-refractivity contribution >= 4 is 27.3 Å². The van der Waals surface area contributed by atoms with E-state index in [2.05, 4.69) is 20.0 Å². The maximum Gasteiger partial charge on any atom is 0.265 e. The van der Waals surface area contributed by atoms with Gasteiger partial charge in [-0.25, -0.2) is 8.42 Å². The summed E-state index contributed by atoms with van der Waals surface area (Å²) in [5.74, 6) is 0. The number of sulfonamides is 1. The van der Waals surface area contributed by atoms with E-state index in [1.807, 2.05) is 12.1 Å². The second-order valence-corrected chi connectivity index (χ2v) is 7.48. The molecular weight excluding hydrogens is 350 g/mol. The van der Waals surface area contributed by atoms with Crippen molar-refractivity contribution in [1.29, 1.82) is 0 Å². The van der Waals surface area contributed by atoms with Gasteiger partial charge in [0.2, 0.25) is 0 Å². The van der Waals surface area contributed by atoms with E-state index in [-0.39, 0.29) is 4.90 Å². The predicted molar refractivity (Wildman–Crippen MR) is 91.7 cm³/mol. The molecule has 0 bridgehead atoms. The molecule has 7 nitrogen and oxygen atoms in total. The molecule has 24 heavy (non-hydrogen) atoms. The number of aryl methyl sites for hydroxylation is 2. The molecule has 0 aliphatic rings. The third-order valence-electron chi connectivity index (χ3n) is 3.47. The highest BCUT2D eigenvalue weighted by molar-refractivity contribution is 7.92. The summed E-state index contributed by atoms with van der Waals surface area (Å²) < 4.78 is 29.1. The highest BCUT2D eigenvalue weighted by atomic mass is 35.5. The molecule has 0 radical (unpaired) electrons. The molecule has 1 aromatic carbocycles. The van der Waals surface area contributed by atoms with Crippen molar-refractivity contribution in [2.45, 2.75) is 25.3 Å². The third kappa shape index (κ3) is 3.44. The van der Waals surface area contributed by atoms with E-state index in [1.54, 1.807) is 36.9 Å². The Kier molecular flexibility index (Phi) is 4.33. The van der Waals surface area contributed by atoms with E-state index in [0.717, 1.165) is 5.56 Å². The van der Waals surface area contributed by atoms with Gasteiger partial charge in [-0.3, -0.25) is 14.5 Å². The first kappa shape index (κ1) is 16.5. The molecular formula is C15H16ClN5O2S. The predicted octanol–water partition coefficient (Wildman–Crippen LogP) is 2.73. The number of hydrogen-bond donors (Lipinski definition) is 2. The molecule has 0 saturated carbocycles. The maximum atomic E-state index is 12.5. The number of benzene rings is 1. The van der Waals surface area contributed by atoms with Crippen LogP contribution in [0.4, 0.5) is 5.69 Å². The molecule has 0 atom stereocenters. The SMILES string of the molecule is Cc1n[nH]c(C)c1S(=O)(=O)Nc1cnn(Cc2ccc(Cl)cc2)c1. The molecule has 0 saturated heterocycles. The number of anilines is 1. The quantitative estimate of drug-likeness (QED) is 0.727. The molecule has 0 aliphatic carbocycles. The number of hydrogen-bond acceptors (Lipinski definition) is 4. The van der Waals surface area contributed by atoms with E-state index < -0.39 is 10.0 Å². The van der Waals surface area contributed by atoms with Gasteiger partial charge in [0.15, 0.2) is 0 Å². The third-order valence-corrected chi connectivity index (χ3v) is 5.37. The lowest BCUT2D eigenvalue weighted by Crippen LogP contribution is -2.14. The first-order valence-electron chi connectivity index (χ1n) is 7.16. The standard InChI is InChI=1S/C15H16ClN5O2S/c1-10-15(11(2)19-18-10)24(22,23)20-14-7-17-21(9-14)8-12-3-5-13(16)6-4-12/h3-7,9,20H,8H2,1-2H3,(H,18,19). The average molecular weight is 366 g/mol. The van der Waals surface area contributed by atoms with Crippen LogP contribution in [-0.2, 0) is 16.6 Å². The number of aromatic amines is 1. The van der Waals surface area contributed by atoms with Gasteiger partial charge >= 0.3 is 0 Å². The largest absolute Gasteiger partial charge is 0.281 e. The second-order valence-electron chi connectivity index (χ2n) is 5.42. The van der Waals surface area contributed by atoms with Crippen LogP contribution in [0.5, 0.6) is 0 Å². The van der Waals surface area contributed by atoms with Crippen LogP contribution in [0, 0.1) is 13.8 Å². The molecule has 2 heterocycles. The van der Waals surface area contributed by atoms with E-state index in [4.69, 9.17) is 11.6 Å². The Bertz CT molecular complexity index is 941. The van der Waals surface area contributed by atoms with Gasteiger partial charge in [-0.15, -0.1) is 0 Å². The van der Waals surface area contributed by atoms with Crippen molar-refractivity contribution in [3.05, 3.63) is 58.6 Å². The summed E-state index contributed by atoms with van der Waals surface area (Å²) in [5, 5.41) is 11.4. The van der Waals surface area contributed by atoms with Gasteiger partial charge in [0.25, 0.3) is 10.0 Å². The van der Waals surface area contributed by atoms with Gasteiger partial charge in [0.05, 0.1) is 29.8 Å². The summed E-state index contributed by atoms with van der Waals surface area (Å²) in [4.78, 5) is 0.160. The summed E-state index contributed by atoms with van der Waals surface area (Å²) in [6, 6.07) is 7.39. The molecule has 3 aromatic rings. The number of nitrogens with zero attached hydrogens (tertiary/aromatic N) is 3. The molecule has 2 aromatic heterocycles. The highest BCUT2D eigenvalue weighted by Crippen LogP contribution is 2.20. The van der Waals surface area contributed by atoms with E-state index in [1.165, 1.54) is 6.20 Å². The minimum atomic E-state index is -3.71. The smallest absolute Gasteiger partial charge is 0.265 e. The monoisotopic (exact) mass is 365 g/mol. The lowest BCUT2D eigenvalue weighted by molar-refractivity contribution is 0.600. The molecule has 0 unspecified atom stereocenters. The molecule has 0 aliphatic heterocycles. The fourth-order valence-corrected chi connectivity index (χ4v) is 3.95. The number of H-pyrrole nitrogens is 1. The zero-order valence-electron chi connectivity index (χ0n) is 13.1. The Morgan fingerprint density at radius 1 is 1.25 bits per heavy atom. The lowest BCUT2D eigenvalue weighted by Gasteiger charge is -2.06. The van der Waals surface area contributed by atoms with Crippen LogP contribution in [0.15, 0.2) is 41.6 Å². The first-order valence-corrected chi connectivity index (χ1v) is 9.02.